The topological polar surface area (TPSA) is 81.4 Å². The van der Waals surface area contributed by atoms with E-state index in [0.29, 0.717) is 0 Å². The van der Waals surface area contributed by atoms with Crippen LogP contribution in [0.3, 0.4) is 0 Å². The highest BCUT2D eigenvalue weighted by Gasteiger charge is 2.28. The zero-order valence-corrected chi connectivity index (χ0v) is 11.1. The fraction of sp³-hybridized carbons (Fsp3) is 0.385. The molecular weight excluding hydrogens is 251 g/mol. The van der Waals surface area contributed by atoms with E-state index in [4.69, 9.17) is 10.6 Å². The zero-order valence-electron chi connectivity index (χ0n) is 11.1. The molecule has 0 aliphatic rings. The van der Waals surface area contributed by atoms with Crippen molar-refractivity contribution in [3.05, 3.63) is 29.6 Å². The summed E-state index contributed by atoms with van der Waals surface area (Å²) in [6.45, 7) is 4.62. The second-order valence-electron chi connectivity index (χ2n) is 4.84. The van der Waals surface area contributed by atoms with Crippen molar-refractivity contribution in [2.75, 3.05) is 6.61 Å². The molecule has 0 spiro atoms. The van der Waals surface area contributed by atoms with Crippen LogP contribution in [-0.2, 0) is 4.79 Å². The smallest absolute Gasteiger partial charge is 0.242 e. The minimum absolute atomic E-state index is 0.00584. The van der Waals surface area contributed by atoms with Gasteiger partial charge in [0.05, 0.1) is 11.0 Å². The Morgan fingerprint density at radius 1 is 1.42 bits per heavy atom. The zero-order chi connectivity index (χ0) is 14.6. The molecule has 0 radical (unpaired) electrons. The summed E-state index contributed by atoms with van der Waals surface area (Å²) in [5.41, 5.74) is 1.20. The largest absolute Gasteiger partial charge is 0.492 e. The van der Waals surface area contributed by atoms with Crippen LogP contribution in [0, 0.1) is 11.2 Å². The van der Waals surface area contributed by atoms with E-state index in [1.165, 1.54) is 19.1 Å². The van der Waals surface area contributed by atoms with Gasteiger partial charge in [-0.2, -0.15) is 0 Å². The maximum absolute atomic E-state index is 13.5. The average molecular weight is 268 g/mol. The van der Waals surface area contributed by atoms with Crippen LogP contribution in [0.5, 0.6) is 5.75 Å². The van der Waals surface area contributed by atoms with Gasteiger partial charge in [0.2, 0.25) is 5.91 Å². The van der Waals surface area contributed by atoms with Gasteiger partial charge in [-0.3, -0.25) is 15.0 Å². The molecular formula is C13H17FN2O3. The Morgan fingerprint density at radius 2 is 2.05 bits per heavy atom. The average Bonchev–Trinajstić information content (AvgIpc) is 2.35. The monoisotopic (exact) mass is 268 g/mol. The van der Waals surface area contributed by atoms with Crippen molar-refractivity contribution in [2.24, 2.45) is 11.3 Å². The lowest BCUT2D eigenvalue weighted by atomic mass is 9.94. The highest BCUT2D eigenvalue weighted by Crippen LogP contribution is 2.21. The van der Waals surface area contributed by atoms with Crippen LogP contribution in [0.25, 0.3) is 0 Å². The molecule has 104 valence electrons. The van der Waals surface area contributed by atoms with E-state index in [1.54, 1.807) is 13.8 Å². The highest BCUT2D eigenvalue weighted by molar-refractivity contribution is 5.94. The Bertz CT molecular complexity index is 501. The normalized spacial score (nSPS) is 11.0. The van der Waals surface area contributed by atoms with Crippen LogP contribution in [0.1, 0.15) is 31.1 Å². The number of hydrazine groups is 1. The van der Waals surface area contributed by atoms with Gasteiger partial charge in [0.25, 0.3) is 0 Å². The van der Waals surface area contributed by atoms with Gasteiger partial charge in [0.15, 0.2) is 5.78 Å². The summed E-state index contributed by atoms with van der Waals surface area (Å²) in [7, 11) is 0. The van der Waals surface area contributed by atoms with Gasteiger partial charge >= 0.3 is 0 Å². The number of Topliss-reactive ketones (excluding diaryl/α,β-unsaturated/α-hetero) is 1. The van der Waals surface area contributed by atoms with Gasteiger partial charge in [0, 0.05) is 6.07 Å². The van der Waals surface area contributed by atoms with Gasteiger partial charge in [-0.1, -0.05) is 0 Å². The number of amides is 1. The molecule has 1 aromatic rings. The molecule has 1 aromatic carbocycles. The number of ether oxygens (including phenoxy) is 1. The molecule has 0 atom stereocenters. The van der Waals surface area contributed by atoms with Crippen LogP contribution < -0.4 is 16.0 Å². The summed E-state index contributed by atoms with van der Waals surface area (Å²) in [5, 5.41) is 0. The molecule has 0 bridgehead atoms. The standard InChI is InChI=1S/C13H17FN2O3/c1-8(17)10-5-4-9(6-11(10)14)19-7-13(2,3)12(18)16-15/h4-6H,7,15H2,1-3H3,(H,16,18). The predicted molar refractivity (Wildman–Crippen MR) is 68.0 cm³/mol. The van der Waals surface area contributed by atoms with Crippen LogP contribution >= 0.6 is 0 Å². The van der Waals surface area contributed by atoms with Gasteiger partial charge in [-0.05, 0) is 32.9 Å². The number of rotatable bonds is 5. The van der Waals surface area contributed by atoms with Crippen molar-refractivity contribution >= 4 is 11.7 Å². The molecule has 0 aliphatic carbocycles. The fourth-order valence-electron chi connectivity index (χ4n) is 1.40. The lowest BCUT2D eigenvalue weighted by Gasteiger charge is -2.22. The van der Waals surface area contributed by atoms with Gasteiger partial charge in [-0.15, -0.1) is 0 Å². The first-order valence-corrected chi connectivity index (χ1v) is 5.72. The van der Waals surface area contributed by atoms with E-state index in [1.807, 2.05) is 5.43 Å². The number of carbonyl (C=O) groups excluding carboxylic acids is 2. The Kier molecular flexibility index (Phi) is 4.61. The quantitative estimate of drug-likeness (QED) is 0.366. The summed E-state index contributed by atoms with van der Waals surface area (Å²) in [4.78, 5) is 22.5. The number of carbonyl (C=O) groups is 2. The van der Waals surface area contributed by atoms with E-state index in [0.717, 1.165) is 6.07 Å². The van der Waals surface area contributed by atoms with Crippen LogP contribution in [0.4, 0.5) is 4.39 Å². The lowest BCUT2D eigenvalue weighted by molar-refractivity contribution is -0.130. The molecule has 0 aliphatic heterocycles. The summed E-state index contributed by atoms with van der Waals surface area (Å²) < 4.78 is 18.9. The van der Waals surface area contributed by atoms with Crippen molar-refractivity contribution in [1.29, 1.82) is 0 Å². The number of hydrogen-bond acceptors (Lipinski definition) is 4. The van der Waals surface area contributed by atoms with E-state index >= 15 is 0 Å². The third kappa shape index (κ3) is 3.75. The number of benzene rings is 1. The van der Waals surface area contributed by atoms with Gasteiger partial charge in [0.1, 0.15) is 18.2 Å². The van der Waals surface area contributed by atoms with Crippen molar-refractivity contribution in [1.82, 2.24) is 5.43 Å². The second kappa shape index (κ2) is 5.79. The summed E-state index contributed by atoms with van der Waals surface area (Å²) >= 11 is 0. The number of ketones is 1. The number of nitrogens with two attached hydrogens (primary N) is 1. The van der Waals surface area contributed by atoms with Gasteiger partial charge in [-0.25, -0.2) is 10.2 Å². The van der Waals surface area contributed by atoms with Crippen molar-refractivity contribution in [3.8, 4) is 5.75 Å². The highest BCUT2D eigenvalue weighted by atomic mass is 19.1. The fourth-order valence-corrected chi connectivity index (χ4v) is 1.40. The van der Waals surface area contributed by atoms with E-state index in [-0.39, 0.29) is 29.6 Å². The third-order valence-electron chi connectivity index (χ3n) is 2.67. The maximum Gasteiger partial charge on any atom is 0.242 e. The second-order valence-corrected chi connectivity index (χ2v) is 4.84. The predicted octanol–water partition coefficient (Wildman–Crippen LogP) is 1.42. The molecule has 0 unspecified atom stereocenters. The summed E-state index contributed by atoms with van der Waals surface area (Å²) in [5.74, 6) is 3.92. The molecule has 0 saturated carbocycles. The molecule has 0 fully saturated rings. The van der Waals surface area contributed by atoms with E-state index < -0.39 is 11.2 Å². The SMILES string of the molecule is CC(=O)c1ccc(OCC(C)(C)C(=O)NN)cc1F. The molecule has 0 aromatic heterocycles. The van der Waals surface area contributed by atoms with Crippen LogP contribution in [0.15, 0.2) is 18.2 Å². The third-order valence-corrected chi connectivity index (χ3v) is 2.67. The Morgan fingerprint density at radius 3 is 2.53 bits per heavy atom. The minimum atomic E-state index is -0.843. The Hall–Kier alpha value is -1.95. The number of halogens is 1. The first kappa shape index (κ1) is 15.1. The Labute approximate surface area is 110 Å². The van der Waals surface area contributed by atoms with Crippen LogP contribution in [0.2, 0.25) is 0 Å². The maximum atomic E-state index is 13.5. The minimum Gasteiger partial charge on any atom is -0.492 e. The molecule has 3 N–H and O–H groups in total. The van der Waals surface area contributed by atoms with E-state index in [9.17, 15) is 14.0 Å². The van der Waals surface area contributed by atoms with E-state index in [2.05, 4.69) is 0 Å². The number of nitrogens with one attached hydrogen (secondary N) is 1. The number of hydrogen-bond donors (Lipinski definition) is 2. The first-order chi connectivity index (χ1) is 8.77. The molecule has 19 heavy (non-hydrogen) atoms. The molecule has 0 saturated heterocycles. The van der Waals surface area contributed by atoms with Crippen molar-refractivity contribution in [3.63, 3.8) is 0 Å². The Balaban J connectivity index is 2.77. The summed E-state index contributed by atoms with van der Waals surface area (Å²) in [6, 6.07) is 3.95. The van der Waals surface area contributed by atoms with Gasteiger partial charge < -0.3 is 4.74 Å². The lowest BCUT2D eigenvalue weighted by Crippen LogP contribution is -2.44. The summed E-state index contributed by atoms with van der Waals surface area (Å²) in [6.07, 6.45) is 0. The molecule has 0 heterocycles. The molecule has 1 amide bonds. The first-order valence-electron chi connectivity index (χ1n) is 5.72. The van der Waals surface area contributed by atoms with Crippen molar-refractivity contribution in [2.45, 2.75) is 20.8 Å². The molecule has 5 nitrogen and oxygen atoms in total. The van der Waals surface area contributed by atoms with Crippen LogP contribution in [-0.4, -0.2) is 18.3 Å². The molecule has 1 rings (SSSR count). The molecule has 6 heteroatoms. The van der Waals surface area contributed by atoms with Crippen molar-refractivity contribution < 1.29 is 18.7 Å².